The van der Waals surface area contributed by atoms with Gasteiger partial charge < -0.3 is 14.4 Å². The zero-order valence-electron chi connectivity index (χ0n) is 17.7. The van der Waals surface area contributed by atoms with Gasteiger partial charge in [0.25, 0.3) is 5.91 Å². The number of carbonyl (C=O) groups is 3. The Hall–Kier alpha value is -2.98. The molecule has 2 amide bonds. The van der Waals surface area contributed by atoms with Crippen molar-refractivity contribution in [2.75, 3.05) is 42.6 Å². The van der Waals surface area contributed by atoms with Gasteiger partial charge in [0.1, 0.15) is 17.7 Å². The summed E-state index contributed by atoms with van der Waals surface area (Å²) in [5.74, 6) is -0.642. The highest BCUT2D eigenvalue weighted by Crippen LogP contribution is 2.29. The minimum Gasteiger partial charge on any atom is -0.444 e. The van der Waals surface area contributed by atoms with Crippen molar-refractivity contribution in [1.29, 1.82) is 0 Å². The van der Waals surface area contributed by atoms with Crippen LogP contribution in [0.1, 0.15) is 29.4 Å². The third-order valence-corrected chi connectivity index (χ3v) is 6.27. The van der Waals surface area contributed by atoms with Crippen LogP contribution >= 0.6 is 11.3 Å². The highest BCUT2D eigenvalue weighted by atomic mass is 32.1. The van der Waals surface area contributed by atoms with Gasteiger partial charge in [-0.15, -0.1) is 11.3 Å². The van der Waals surface area contributed by atoms with Crippen molar-refractivity contribution < 1.29 is 28.3 Å². The molecule has 10 heteroatoms. The minimum atomic E-state index is -0.545. The maximum absolute atomic E-state index is 15.0. The molecular weight excluding hydrogens is 437 g/mol. The van der Waals surface area contributed by atoms with Crippen LogP contribution in [0.25, 0.3) is 0 Å². The Kier molecular flexibility index (Phi) is 6.71. The largest absolute Gasteiger partial charge is 0.444 e. The Morgan fingerprint density at radius 3 is 2.78 bits per heavy atom. The minimum absolute atomic E-state index is 0.0342. The topological polar surface area (TPSA) is 79.4 Å². The molecule has 0 spiro atoms. The lowest BCUT2D eigenvalue weighted by Gasteiger charge is -2.23. The fourth-order valence-corrected chi connectivity index (χ4v) is 4.40. The van der Waals surface area contributed by atoms with Crippen LogP contribution in [0, 0.1) is 5.82 Å². The van der Waals surface area contributed by atoms with Gasteiger partial charge in [-0.1, -0.05) is 6.07 Å². The maximum atomic E-state index is 15.0. The number of amides is 2. The zero-order valence-corrected chi connectivity index (χ0v) is 18.5. The van der Waals surface area contributed by atoms with E-state index in [4.69, 9.17) is 9.57 Å². The molecule has 1 atom stereocenters. The number of nitrogens with zero attached hydrogens (tertiary/aromatic N) is 3. The third kappa shape index (κ3) is 4.91. The van der Waals surface area contributed by atoms with E-state index in [2.05, 4.69) is 0 Å². The first-order chi connectivity index (χ1) is 15.4. The molecule has 32 heavy (non-hydrogen) atoms. The smallest absolute Gasteiger partial charge is 0.414 e. The van der Waals surface area contributed by atoms with Crippen LogP contribution in [-0.4, -0.2) is 61.7 Å². The fraction of sp³-hybridized carbons (Fsp3) is 0.409. The monoisotopic (exact) mass is 461 g/mol. The predicted octanol–water partition coefficient (Wildman–Crippen LogP) is 3.48. The lowest BCUT2D eigenvalue weighted by atomic mass is 10.1. The normalized spacial score (nSPS) is 19.1. The number of ether oxygens (including phenoxy) is 1. The number of thiophene rings is 1. The number of hydrogen-bond acceptors (Lipinski definition) is 7. The van der Waals surface area contributed by atoms with Crippen LogP contribution in [0.4, 0.5) is 20.6 Å². The van der Waals surface area contributed by atoms with Gasteiger partial charge in [0, 0.05) is 19.5 Å². The summed E-state index contributed by atoms with van der Waals surface area (Å²) in [5, 5.41) is 3.15. The highest BCUT2D eigenvalue weighted by molar-refractivity contribution is 7.12. The molecule has 8 nitrogen and oxygen atoms in total. The Labute approximate surface area is 189 Å². The highest BCUT2D eigenvalue weighted by Gasteiger charge is 2.33. The zero-order chi connectivity index (χ0) is 22.7. The second-order valence-corrected chi connectivity index (χ2v) is 8.65. The molecule has 170 valence electrons. The van der Waals surface area contributed by atoms with E-state index in [1.165, 1.54) is 34.3 Å². The molecule has 0 bridgehead atoms. The number of rotatable bonds is 6. The van der Waals surface area contributed by atoms with Gasteiger partial charge in [-0.2, -0.15) is 0 Å². The van der Waals surface area contributed by atoms with Crippen molar-refractivity contribution in [3.05, 3.63) is 46.4 Å². The Morgan fingerprint density at radius 1 is 1.22 bits per heavy atom. The number of Topliss-reactive ketones (excluding diaryl/α,β-unsaturated/α-hetero) is 1. The second-order valence-electron chi connectivity index (χ2n) is 7.70. The average molecular weight is 462 g/mol. The van der Waals surface area contributed by atoms with Crippen LogP contribution < -0.4 is 9.80 Å². The lowest BCUT2D eigenvalue weighted by Crippen LogP contribution is -2.34. The fourth-order valence-electron chi connectivity index (χ4n) is 3.74. The van der Waals surface area contributed by atoms with Crippen LogP contribution in [0.15, 0.2) is 35.7 Å². The van der Waals surface area contributed by atoms with Crippen LogP contribution in [-0.2, 0) is 14.4 Å². The predicted molar refractivity (Wildman–Crippen MR) is 117 cm³/mol. The van der Waals surface area contributed by atoms with Crippen LogP contribution in [0.5, 0.6) is 0 Å². The van der Waals surface area contributed by atoms with Crippen molar-refractivity contribution >= 4 is 40.5 Å². The lowest BCUT2D eigenvalue weighted by molar-refractivity contribution is -0.117. The van der Waals surface area contributed by atoms with E-state index in [1.54, 1.807) is 24.3 Å². The van der Waals surface area contributed by atoms with E-state index in [1.807, 2.05) is 10.3 Å². The SMILES string of the molecule is CC(=O)CC[C@H]1CN(c2ccc(N3CCON(C(=O)c4cccs4)CC3)c(F)c2)C(=O)O1. The summed E-state index contributed by atoms with van der Waals surface area (Å²) in [7, 11) is 0. The number of benzene rings is 1. The van der Waals surface area contributed by atoms with Gasteiger partial charge in [-0.05, 0) is 43.0 Å². The molecule has 0 saturated carbocycles. The van der Waals surface area contributed by atoms with E-state index in [-0.39, 0.29) is 30.9 Å². The molecule has 1 aromatic carbocycles. The molecular formula is C22H24FN3O5S. The Morgan fingerprint density at radius 2 is 2.06 bits per heavy atom. The van der Waals surface area contributed by atoms with Gasteiger partial charge >= 0.3 is 6.09 Å². The van der Waals surface area contributed by atoms with Gasteiger partial charge in [-0.3, -0.25) is 14.5 Å². The van der Waals surface area contributed by atoms with Crippen LogP contribution in [0.2, 0.25) is 0 Å². The molecule has 4 rings (SSSR count). The Balaban J connectivity index is 1.40. The van der Waals surface area contributed by atoms with Gasteiger partial charge in [0.15, 0.2) is 0 Å². The van der Waals surface area contributed by atoms with Crippen molar-refractivity contribution in [3.8, 4) is 0 Å². The average Bonchev–Trinajstić information content (AvgIpc) is 3.36. The molecule has 2 aromatic rings. The van der Waals surface area contributed by atoms with Crippen molar-refractivity contribution in [3.63, 3.8) is 0 Å². The summed E-state index contributed by atoms with van der Waals surface area (Å²) in [5.41, 5.74) is 0.783. The van der Waals surface area contributed by atoms with Crippen LogP contribution in [0.3, 0.4) is 0 Å². The molecule has 2 saturated heterocycles. The van der Waals surface area contributed by atoms with Crippen molar-refractivity contribution in [1.82, 2.24) is 5.06 Å². The summed E-state index contributed by atoms with van der Waals surface area (Å²) < 4.78 is 20.3. The number of cyclic esters (lactones) is 1. The maximum Gasteiger partial charge on any atom is 0.414 e. The molecule has 1 aromatic heterocycles. The van der Waals surface area contributed by atoms with Gasteiger partial charge in [0.2, 0.25) is 0 Å². The molecule has 2 aliphatic rings. The van der Waals surface area contributed by atoms with Crippen molar-refractivity contribution in [2.45, 2.75) is 25.9 Å². The molecule has 0 aliphatic carbocycles. The van der Waals surface area contributed by atoms with Crippen molar-refractivity contribution in [2.24, 2.45) is 0 Å². The van der Waals surface area contributed by atoms with Gasteiger partial charge in [-0.25, -0.2) is 14.2 Å². The first-order valence-electron chi connectivity index (χ1n) is 10.4. The molecule has 0 unspecified atom stereocenters. The number of carbonyl (C=O) groups excluding carboxylic acids is 3. The molecule has 3 heterocycles. The molecule has 0 N–H and O–H groups in total. The quantitative estimate of drug-likeness (QED) is 0.656. The van der Waals surface area contributed by atoms with E-state index in [0.717, 1.165) is 0 Å². The third-order valence-electron chi connectivity index (χ3n) is 5.42. The molecule has 0 radical (unpaired) electrons. The Bertz CT molecular complexity index is 999. The summed E-state index contributed by atoms with van der Waals surface area (Å²) in [6.45, 7) is 3.15. The number of ketones is 1. The van der Waals surface area contributed by atoms with E-state index >= 15 is 0 Å². The van der Waals surface area contributed by atoms with E-state index in [0.29, 0.717) is 48.7 Å². The summed E-state index contributed by atoms with van der Waals surface area (Å²) in [6, 6.07) is 8.15. The number of anilines is 2. The van der Waals surface area contributed by atoms with Gasteiger partial charge in [0.05, 0.1) is 35.9 Å². The first-order valence-corrected chi connectivity index (χ1v) is 11.3. The first kappa shape index (κ1) is 22.2. The number of halogens is 1. The summed E-state index contributed by atoms with van der Waals surface area (Å²) in [6.07, 6.45) is -0.144. The second kappa shape index (κ2) is 9.66. The number of hydroxylamine groups is 2. The summed E-state index contributed by atoms with van der Waals surface area (Å²) >= 11 is 1.35. The van der Waals surface area contributed by atoms with E-state index in [9.17, 15) is 18.8 Å². The standard InChI is InChI=1S/C22H24FN3O5S/c1-15(27)4-6-17-14-25(22(29)31-17)16-5-7-19(18(23)13-16)24-8-9-26(30-11-10-24)21(28)20-3-2-12-32-20/h2-3,5,7,12-13,17H,4,6,8-11,14H2,1H3/t17-/m0/s1. The van der Waals surface area contributed by atoms with E-state index < -0.39 is 11.9 Å². The number of hydrogen-bond donors (Lipinski definition) is 0. The molecule has 2 fully saturated rings. The molecule has 2 aliphatic heterocycles. The summed E-state index contributed by atoms with van der Waals surface area (Å²) in [4.78, 5) is 45.3.